The highest BCUT2D eigenvalue weighted by molar-refractivity contribution is 5.85. The maximum Gasteiger partial charge on any atom is 0.238 e. The summed E-state index contributed by atoms with van der Waals surface area (Å²) in [5.74, 6) is 1.33. The number of hydrogen-bond acceptors (Lipinski definition) is 6. The van der Waals surface area contributed by atoms with Crippen LogP contribution >= 0.6 is 12.4 Å². The third-order valence-corrected chi connectivity index (χ3v) is 2.52. The number of nitrogens with one attached hydrogen (secondary N) is 2. The number of methoxy groups -OCH3 is 1. The molecule has 0 bridgehead atoms. The summed E-state index contributed by atoms with van der Waals surface area (Å²) in [5, 5.41) is 15.5. The zero-order valence-electron chi connectivity index (χ0n) is 11.2. The Balaban J connectivity index is 0.00000180. The molecule has 7 heteroatoms. The van der Waals surface area contributed by atoms with Gasteiger partial charge in [0.25, 0.3) is 0 Å². The molecular formula is C12H18ClN5O. The molecule has 0 atom stereocenters. The largest absolute Gasteiger partial charge is 0.480 e. The molecule has 1 saturated carbocycles. The van der Waals surface area contributed by atoms with E-state index >= 15 is 0 Å². The van der Waals surface area contributed by atoms with Gasteiger partial charge in [-0.15, -0.1) is 12.4 Å². The smallest absolute Gasteiger partial charge is 0.238 e. The summed E-state index contributed by atoms with van der Waals surface area (Å²) in [6.45, 7) is 4.00. The van der Waals surface area contributed by atoms with Crippen molar-refractivity contribution in [1.29, 1.82) is 5.26 Å². The lowest BCUT2D eigenvalue weighted by Gasteiger charge is -2.13. The molecule has 0 saturated heterocycles. The molecule has 6 nitrogen and oxygen atoms in total. The third-order valence-electron chi connectivity index (χ3n) is 2.52. The van der Waals surface area contributed by atoms with Gasteiger partial charge in [-0.3, -0.25) is 0 Å². The minimum atomic E-state index is 0. The predicted molar refractivity (Wildman–Crippen MR) is 76.0 cm³/mol. The Morgan fingerprint density at radius 3 is 2.53 bits per heavy atom. The van der Waals surface area contributed by atoms with Crippen LogP contribution in [-0.4, -0.2) is 29.2 Å². The van der Waals surface area contributed by atoms with Crippen molar-refractivity contribution in [3.8, 4) is 11.9 Å². The molecule has 1 fully saturated rings. The van der Waals surface area contributed by atoms with Gasteiger partial charge in [-0.2, -0.15) is 15.2 Å². The van der Waals surface area contributed by atoms with Gasteiger partial charge in [-0.05, 0) is 26.7 Å². The third kappa shape index (κ3) is 3.86. The summed E-state index contributed by atoms with van der Waals surface area (Å²) in [5.41, 5.74) is 0.360. The number of anilines is 2. The molecule has 0 radical (unpaired) electrons. The van der Waals surface area contributed by atoms with Crippen LogP contribution in [0.5, 0.6) is 5.88 Å². The van der Waals surface area contributed by atoms with Crippen molar-refractivity contribution in [1.82, 2.24) is 9.97 Å². The van der Waals surface area contributed by atoms with Crippen LogP contribution in [0.4, 0.5) is 11.8 Å². The van der Waals surface area contributed by atoms with E-state index in [4.69, 9.17) is 10.00 Å². The maximum absolute atomic E-state index is 9.17. The van der Waals surface area contributed by atoms with Gasteiger partial charge in [-0.1, -0.05) is 0 Å². The van der Waals surface area contributed by atoms with E-state index in [-0.39, 0.29) is 18.4 Å². The molecule has 19 heavy (non-hydrogen) atoms. The van der Waals surface area contributed by atoms with Crippen molar-refractivity contribution in [3.05, 3.63) is 5.56 Å². The summed E-state index contributed by atoms with van der Waals surface area (Å²) < 4.78 is 5.15. The number of aromatic nitrogens is 2. The van der Waals surface area contributed by atoms with E-state index < -0.39 is 0 Å². The standard InChI is InChI=1S/C12H17N5O.ClH/c1-7(2)14-12-16-10(15-8-4-5-8)9(6-13)11(17-12)18-3;/h7-8H,4-5H2,1-3H3,(H2,14,15,16,17);1H. The summed E-state index contributed by atoms with van der Waals surface area (Å²) in [4.78, 5) is 8.52. The van der Waals surface area contributed by atoms with Crippen LogP contribution in [0.15, 0.2) is 0 Å². The monoisotopic (exact) mass is 283 g/mol. The number of nitrogens with zero attached hydrogens (tertiary/aromatic N) is 3. The van der Waals surface area contributed by atoms with Gasteiger partial charge in [-0.25, -0.2) is 0 Å². The Hall–Kier alpha value is -1.74. The number of rotatable bonds is 5. The quantitative estimate of drug-likeness (QED) is 0.862. The fourth-order valence-electron chi connectivity index (χ4n) is 1.54. The molecule has 0 aromatic carbocycles. The van der Waals surface area contributed by atoms with Gasteiger partial charge in [0, 0.05) is 12.1 Å². The normalized spacial score (nSPS) is 13.4. The van der Waals surface area contributed by atoms with Gasteiger partial charge in [0.1, 0.15) is 6.07 Å². The van der Waals surface area contributed by atoms with Crippen LogP contribution in [0.2, 0.25) is 0 Å². The molecule has 0 unspecified atom stereocenters. The Bertz CT molecular complexity index is 482. The first-order valence-electron chi connectivity index (χ1n) is 6.03. The maximum atomic E-state index is 9.17. The molecule has 104 valence electrons. The van der Waals surface area contributed by atoms with E-state index in [1.54, 1.807) is 0 Å². The van der Waals surface area contributed by atoms with Gasteiger partial charge in [0.15, 0.2) is 11.4 Å². The fourth-order valence-corrected chi connectivity index (χ4v) is 1.54. The molecule has 1 aliphatic rings. The number of nitriles is 1. The van der Waals surface area contributed by atoms with E-state index in [1.165, 1.54) is 7.11 Å². The Labute approximate surface area is 119 Å². The lowest BCUT2D eigenvalue weighted by atomic mass is 10.3. The van der Waals surface area contributed by atoms with Crippen LogP contribution in [0, 0.1) is 11.3 Å². The first kappa shape index (κ1) is 15.3. The van der Waals surface area contributed by atoms with Crippen molar-refractivity contribution in [3.63, 3.8) is 0 Å². The number of halogens is 1. The first-order chi connectivity index (χ1) is 8.63. The second kappa shape index (κ2) is 6.43. The highest BCUT2D eigenvalue weighted by atomic mass is 35.5. The molecule has 0 aliphatic heterocycles. The molecule has 0 spiro atoms. The van der Waals surface area contributed by atoms with Gasteiger partial charge in [0.2, 0.25) is 11.8 Å². The van der Waals surface area contributed by atoms with E-state index in [0.29, 0.717) is 29.3 Å². The van der Waals surface area contributed by atoms with Crippen LogP contribution in [0.25, 0.3) is 0 Å². The van der Waals surface area contributed by atoms with Crippen molar-refractivity contribution in [2.75, 3.05) is 17.7 Å². The number of hydrogen-bond donors (Lipinski definition) is 2. The Morgan fingerprint density at radius 2 is 2.05 bits per heavy atom. The fraction of sp³-hybridized carbons (Fsp3) is 0.583. The lowest BCUT2D eigenvalue weighted by molar-refractivity contribution is 0.396. The van der Waals surface area contributed by atoms with Crippen LogP contribution in [0.3, 0.4) is 0 Å². The highest BCUT2D eigenvalue weighted by Crippen LogP contribution is 2.29. The van der Waals surface area contributed by atoms with E-state index in [9.17, 15) is 0 Å². The summed E-state index contributed by atoms with van der Waals surface area (Å²) in [6.07, 6.45) is 2.23. The van der Waals surface area contributed by atoms with Gasteiger partial charge < -0.3 is 15.4 Å². The Kier molecular flexibility index (Phi) is 5.19. The molecule has 2 N–H and O–H groups in total. The van der Waals surface area contributed by atoms with Crippen molar-refractivity contribution in [2.24, 2.45) is 0 Å². The topological polar surface area (TPSA) is 82.9 Å². The second-order valence-electron chi connectivity index (χ2n) is 4.61. The SMILES string of the molecule is COc1nc(NC(C)C)nc(NC2CC2)c1C#N.Cl. The molecular weight excluding hydrogens is 266 g/mol. The average molecular weight is 284 g/mol. The van der Waals surface area contributed by atoms with Crippen LogP contribution in [-0.2, 0) is 0 Å². The molecule has 1 aromatic rings. The molecule has 2 rings (SSSR count). The lowest BCUT2D eigenvalue weighted by Crippen LogP contribution is -2.15. The highest BCUT2D eigenvalue weighted by Gasteiger charge is 2.25. The Morgan fingerprint density at radius 1 is 1.37 bits per heavy atom. The van der Waals surface area contributed by atoms with Gasteiger partial charge in [0.05, 0.1) is 7.11 Å². The van der Waals surface area contributed by atoms with Crippen molar-refractivity contribution < 1.29 is 4.74 Å². The second-order valence-corrected chi connectivity index (χ2v) is 4.61. The molecule has 1 aromatic heterocycles. The van der Waals surface area contributed by atoms with E-state index in [0.717, 1.165) is 12.8 Å². The molecule has 1 heterocycles. The average Bonchev–Trinajstić information content (AvgIpc) is 3.11. The summed E-state index contributed by atoms with van der Waals surface area (Å²) in [6, 6.07) is 2.73. The van der Waals surface area contributed by atoms with Crippen molar-refractivity contribution in [2.45, 2.75) is 38.8 Å². The zero-order valence-corrected chi connectivity index (χ0v) is 12.0. The predicted octanol–water partition coefficient (Wildman–Crippen LogP) is 2.17. The summed E-state index contributed by atoms with van der Waals surface area (Å²) >= 11 is 0. The molecule has 1 aliphatic carbocycles. The van der Waals surface area contributed by atoms with E-state index in [1.807, 2.05) is 13.8 Å². The number of ether oxygens (including phenoxy) is 1. The zero-order chi connectivity index (χ0) is 13.1. The van der Waals surface area contributed by atoms with Crippen LogP contribution in [0.1, 0.15) is 32.3 Å². The first-order valence-corrected chi connectivity index (χ1v) is 6.03. The molecule has 0 amide bonds. The minimum absolute atomic E-state index is 0. The van der Waals surface area contributed by atoms with E-state index in [2.05, 4.69) is 26.7 Å². The summed E-state index contributed by atoms with van der Waals surface area (Å²) in [7, 11) is 1.50. The minimum Gasteiger partial charge on any atom is -0.480 e. The van der Waals surface area contributed by atoms with Crippen molar-refractivity contribution >= 4 is 24.2 Å². The van der Waals surface area contributed by atoms with Crippen LogP contribution < -0.4 is 15.4 Å². The van der Waals surface area contributed by atoms with Gasteiger partial charge >= 0.3 is 0 Å².